The van der Waals surface area contributed by atoms with Gasteiger partial charge in [-0.25, -0.2) is 4.98 Å². The molecule has 7 heteroatoms. The van der Waals surface area contributed by atoms with Gasteiger partial charge in [0, 0.05) is 25.9 Å². The molecule has 0 bridgehead atoms. The van der Waals surface area contributed by atoms with Crippen molar-refractivity contribution in [1.29, 1.82) is 0 Å². The van der Waals surface area contributed by atoms with E-state index in [9.17, 15) is 9.59 Å². The highest BCUT2D eigenvalue weighted by Crippen LogP contribution is 2.27. The lowest BCUT2D eigenvalue weighted by atomic mass is 9.90. The van der Waals surface area contributed by atoms with Crippen LogP contribution in [0.25, 0.3) is 0 Å². The van der Waals surface area contributed by atoms with Gasteiger partial charge in [0.25, 0.3) is 11.8 Å². The van der Waals surface area contributed by atoms with Crippen LogP contribution in [-0.2, 0) is 4.79 Å². The largest absolute Gasteiger partial charge is 0.489 e. The van der Waals surface area contributed by atoms with Crippen LogP contribution in [-0.4, -0.2) is 49.0 Å². The van der Waals surface area contributed by atoms with Crippen LogP contribution in [0.4, 0.5) is 5.82 Å². The molecular weight excluding hydrogens is 382 g/mol. The number of pyridine rings is 1. The second-order valence-corrected chi connectivity index (χ2v) is 7.72. The summed E-state index contributed by atoms with van der Waals surface area (Å²) in [5.41, 5.74) is 0.411. The normalized spacial score (nSPS) is 14.1. The first-order valence-corrected chi connectivity index (χ1v) is 10.3. The van der Waals surface area contributed by atoms with Crippen LogP contribution >= 0.6 is 0 Å². The number of amides is 2. The van der Waals surface area contributed by atoms with Gasteiger partial charge in [0.05, 0.1) is 6.61 Å². The highest BCUT2D eigenvalue weighted by Gasteiger charge is 2.16. The number of nitrogens with zero attached hydrogens (tertiary/aromatic N) is 2. The number of benzene rings is 1. The van der Waals surface area contributed by atoms with Gasteiger partial charge in [-0.15, -0.1) is 0 Å². The summed E-state index contributed by atoms with van der Waals surface area (Å²) in [5.74, 6) is 1.50. The van der Waals surface area contributed by atoms with Crippen LogP contribution in [0.5, 0.6) is 11.5 Å². The van der Waals surface area contributed by atoms with Crippen molar-refractivity contribution in [2.24, 2.45) is 5.92 Å². The van der Waals surface area contributed by atoms with Gasteiger partial charge in [0.15, 0.2) is 18.2 Å². The first-order valence-electron chi connectivity index (χ1n) is 10.3. The Morgan fingerprint density at radius 1 is 1.10 bits per heavy atom. The molecule has 1 N–H and O–H groups in total. The molecule has 0 saturated heterocycles. The van der Waals surface area contributed by atoms with Gasteiger partial charge in [0.2, 0.25) is 0 Å². The monoisotopic (exact) mass is 411 g/mol. The summed E-state index contributed by atoms with van der Waals surface area (Å²) in [6.07, 6.45) is 7.80. The number of ether oxygens (including phenoxy) is 2. The van der Waals surface area contributed by atoms with Gasteiger partial charge in [-0.3, -0.25) is 9.59 Å². The quantitative estimate of drug-likeness (QED) is 0.715. The molecule has 30 heavy (non-hydrogen) atoms. The van der Waals surface area contributed by atoms with Gasteiger partial charge < -0.3 is 19.7 Å². The number of aromatic nitrogens is 1. The number of carbonyl (C=O) groups is 2. The van der Waals surface area contributed by atoms with Crippen LogP contribution in [0, 0.1) is 5.92 Å². The summed E-state index contributed by atoms with van der Waals surface area (Å²) in [7, 11) is 3.33. The van der Waals surface area contributed by atoms with Crippen molar-refractivity contribution in [2.75, 3.05) is 32.6 Å². The molecule has 0 aliphatic heterocycles. The number of rotatable bonds is 8. The van der Waals surface area contributed by atoms with E-state index in [2.05, 4.69) is 10.3 Å². The van der Waals surface area contributed by atoms with E-state index in [0.29, 0.717) is 35.4 Å². The first kappa shape index (κ1) is 21.6. The maximum atomic E-state index is 12.7. The van der Waals surface area contributed by atoms with E-state index in [1.807, 2.05) is 6.07 Å². The van der Waals surface area contributed by atoms with Crippen LogP contribution in [0.1, 0.15) is 42.5 Å². The molecule has 0 unspecified atom stereocenters. The Morgan fingerprint density at radius 3 is 2.67 bits per heavy atom. The van der Waals surface area contributed by atoms with E-state index in [-0.39, 0.29) is 18.4 Å². The number of carbonyl (C=O) groups excluding carboxylic acids is 2. The molecule has 2 amide bonds. The van der Waals surface area contributed by atoms with Crippen molar-refractivity contribution < 1.29 is 19.1 Å². The summed E-state index contributed by atoms with van der Waals surface area (Å²) in [5, 5.41) is 2.82. The lowest BCUT2D eigenvalue weighted by Gasteiger charge is -2.22. The maximum Gasteiger partial charge on any atom is 0.259 e. The number of nitrogens with one attached hydrogen (secondary N) is 1. The molecule has 1 aromatic carbocycles. The number of anilines is 1. The zero-order valence-corrected chi connectivity index (χ0v) is 17.6. The lowest BCUT2D eigenvalue weighted by Crippen LogP contribution is -2.27. The summed E-state index contributed by atoms with van der Waals surface area (Å²) in [4.78, 5) is 30.1. The summed E-state index contributed by atoms with van der Waals surface area (Å²) < 4.78 is 11.5. The second kappa shape index (κ2) is 10.6. The smallest absolute Gasteiger partial charge is 0.259 e. The van der Waals surface area contributed by atoms with Crippen molar-refractivity contribution in [3.05, 3.63) is 48.2 Å². The minimum Gasteiger partial charge on any atom is -0.489 e. The molecule has 1 aliphatic rings. The Kier molecular flexibility index (Phi) is 7.65. The number of hydrogen-bond donors (Lipinski definition) is 1. The fourth-order valence-electron chi connectivity index (χ4n) is 3.34. The minimum absolute atomic E-state index is 0.0858. The van der Waals surface area contributed by atoms with E-state index in [1.165, 1.54) is 37.0 Å². The summed E-state index contributed by atoms with van der Waals surface area (Å²) >= 11 is 0. The molecule has 1 fully saturated rings. The Morgan fingerprint density at radius 2 is 1.90 bits per heavy atom. The van der Waals surface area contributed by atoms with Crippen molar-refractivity contribution >= 4 is 17.6 Å². The second-order valence-electron chi connectivity index (χ2n) is 7.72. The third kappa shape index (κ3) is 6.20. The molecule has 0 radical (unpaired) electrons. The molecular formula is C23H29N3O4. The first-order chi connectivity index (χ1) is 14.5. The summed E-state index contributed by atoms with van der Waals surface area (Å²) in [6, 6.07) is 10.3. The zero-order valence-electron chi connectivity index (χ0n) is 17.6. The molecule has 7 nitrogen and oxygen atoms in total. The van der Waals surface area contributed by atoms with Crippen LogP contribution in [0.15, 0.2) is 42.6 Å². The summed E-state index contributed by atoms with van der Waals surface area (Å²) in [6.45, 7) is 0.551. The van der Waals surface area contributed by atoms with Crippen molar-refractivity contribution in [3.8, 4) is 11.5 Å². The third-order valence-corrected chi connectivity index (χ3v) is 5.16. The highest BCUT2D eigenvalue weighted by atomic mass is 16.5. The van der Waals surface area contributed by atoms with Crippen LogP contribution < -0.4 is 14.8 Å². The fourth-order valence-corrected chi connectivity index (χ4v) is 3.34. The predicted octanol–water partition coefficient (Wildman–Crippen LogP) is 3.76. The molecule has 2 aromatic rings. The van der Waals surface area contributed by atoms with Crippen LogP contribution in [0.3, 0.4) is 0 Å². The van der Waals surface area contributed by atoms with E-state index >= 15 is 0 Å². The topological polar surface area (TPSA) is 80.8 Å². The van der Waals surface area contributed by atoms with E-state index in [1.54, 1.807) is 50.6 Å². The minimum atomic E-state index is -0.319. The van der Waals surface area contributed by atoms with Gasteiger partial charge in [-0.2, -0.15) is 0 Å². The Labute approximate surface area is 177 Å². The van der Waals surface area contributed by atoms with Gasteiger partial charge in [-0.1, -0.05) is 25.3 Å². The zero-order chi connectivity index (χ0) is 21.3. The highest BCUT2D eigenvalue weighted by molar-refractivity contribution is 6.04. The Balaban J connectivity index is 1.61. The van der Waals surface area contributed by atoms with Gasteiger partial charge in [0.1, 0.15) is 5.75 Å². The van der Waals surface area contributed by atoms with Crippen molar-refractivity contribution in [3.63, 3.8) is 0 Å². The van der Waals surface area contributed by atoms with E-state index in [0.717, 1.165) is 0 Å². The fraction of sp³-hybridized carbons (Fsp3) is 0.435. The SMILES string of the molecule is CN(C)C(=O)COc1cccc(C(=O)Nc2ncccc2OCC2CCCCC2)c1. The van der Waals surface area contributed by atoms with E-state index < -0.39 is 0 Å². The maximum absolute atomic E-state index is 12.7. The third-order valence-electron chi connectivity index (χ3n) is 5.16. The predicted molar refractivity (Wildman–Crippen MR) is 115 cm³/mol. The van der Waals surface area contributed by atoms with Gasteiger partial charge in [-0.05, 0) is 49.1 Å². The standard InChI is InChI=1S/C23H29N3O4/c1-26(2)21(27)16-29-19-11-6-10-18(14-19)23(28)25-22-20(12-7-13-24-22)30-15-17-8-4-3-5-9-17/h6-7,10-14,17H,3-5,8-9,15-16H2,1-2H3,(H,24,25,28). The lowest BCUT2D eigenvalue weighted by molar-refractivity contribution is -0.130. The number of hydrogen-bond acceptors (Lipinski definition) is 5. The molecule has 1 aromatic heterocycles. The molecule has 1 aliphatic carbocycles. The average molecular weight is 412 g/mol. The Hall–Kier alpha value is -3.09. The van der Waals surface area contributed by atoms with E-state index in [4.69, 9.17) is 9.47 Å². The molecule has 1 saturated carbocycles. The van der Waals surface area contributed by atoms with Gasteiger partial charge >= 0.3 is 0 Å². The molecule has 0 atom stereocenters. The van der Waals surface area contributed by atoms with Crippen LogP contribution in [0.2, 0.25) is 0 Å². The Bertz CT molecular complexity index is 863. The molecule has 3 rings (SSSR count). The molecule has 1 heterocycles. The number of likely N-dealkylation sites (N-methyl/N-ethyl adjacent to an activating group) is 1. The average Bonchev–Trinajstić information content (AvgIpc) is 2.77. The van der Waals surface area contributed by atoms with Crippen molar-refractivity contribution in [1.82, 2.24) is 9.88 Å². The van der Waals surface area contributed by atoms with Crippen molar-refractivity contribution in [2.45, 2.75) is 32.1 Å². The molecule has 160 valence electrons. The molecule has 0 spiro atoms.